The van der Waals surface area contributed by atoms with Crippen LogP contribution in [0, 0.1) is 12.8 Å². The van der Waals surface area contributed by atoms with Gasteiger partial charge in [-0.15, -0.1) is 12.4 Å². The van der Waals surface area contributed by atoms with E-state index in [-0.39, 0.29) is 18.3 Å². The van der Waals surface area contributed by atoms with Gasteiger partial charge in [0.25, 0.3) is 5.91 Å². The highest BCUT2D eigenvalue weighted by molar-refractivity contribution is 6.07. The molecule has 8 heteroatoms. The number of carbonyl (C=O) groups excluding carboxylic acids is 1. The molecule has 0 radical (unpaired) electrons. The number of amides is 1. The predicted molar refractivity (Wildman–Crippen MR) is 127 cm³/mol. The van der Waals surface area contributed by atoms with Crippen LogP contribution in [0.5, 0.6) is 11.5 Å². The van der Waals surface area contributed by atoms with Gasteiger partial charge in [0.2, 0.25) is 0 Å². The maximum atomic E-state index is 13.4. The van der Waals surface area contributed by atoms with Gasteiger partial charge in [0.05, 0.1) is 11.3 Å². The fourth-order valence-corrected chi connectivity index (χ4v) is 4.12. The average Bonchev–Trinajstić information content (AvgIpc) is 2.79. The Balaban J connectivity index is 0.00000245. The number of pyridine rings is 2. The first-order chi connectivity index (χ1) is 15.1. The fourth-order valence-electron chi connectivity index (χ4n) is 4.12. The standard InChI is InChI=1S/C24H26N4O3.ClH/c1-15-7-9-28(10-8-15)24(29)19-14-25-23-18(5-3-16(2)26-23)22(19)27-17-4-6-20-21(13-17)31-12-11-30-20;/h3-6,13-15H,7-12H2,1-2H3,(H,25,26,27);1H. The number of ether oxygens (including phenoxy) is 2. The van der Waals surface area contributed by atoms with E-state index in [1.54, 1.807) is 6.20 Å². The molecular weight excluding hydrogens is 428 g/mol. The Bertz CT molecular complexity index is 1150. The SMILES string of the molecule is Cc1ccc2c(Nc3ccc4c(c3)OCCO4)c(C(=O)N3CCC(C)CC3)cnc2n1.Cl. The molecule has 0 unspecified atom stereocenters. The maximum absolute atomic E-state index is 13.4. The molecule has 2 aliphatic rings. The van der Waals surface area contributed by atoms with Crippen LogP contribution >= 0.6 is 12.4 Å². The number of halogens is 1. The molecule has 32 heavy (non-hydrogen) atoms. The minimum Gasteiger partial charge on any atom is -0.486 e. The molecule has 1 amide bonds. The van der Waals surface area contributed by atoms with E-state index in [0.717, 1.165) is 54.1 Å². The quantitative estimate of drug-likeness (QED) is 0.615. The highest BCUT2D eigenvalue weighted by Crippen LogP contribution is 2.36. The lowest BCUT2D eigenvalue weighted by Gasteiger charge is -2.31. The summed E-state index contributed by atoms with van der Waals surface area (Å²) in [7, 11) is 0. The highest BCUT2D eigenvalue weighted by Gasteiger charge is 2.25. The van der Waals surface area contributed by atoms with Gasteiger partial charge in [-0.05, 0) is 49.9 Å². The van der Waals surface area contributed by atoms with Gasteiger partial charge in [0.1, 0.15) is 13.2 Å². The Morgan fingerprint density at radius 1 is 1.09 bits per heavy atom. The van der Waals surface area contributed by atoms with Crippen LogP contribution in [0.3, 0.4) is 0 Å². The van der Waals surface area contributed by atoms with Crippen molar-refractivity contribution in [2.24, 2.45) is 5.92 Å². The number of aryl methyl sites for hydroxylation is 1. The molecular formula is C24H27ClN4O3. The molecule has 3 aromatic rings. The van der Waals surface area contributed by atoms with Gasteiger partial charge < -0.3 is 19.7 Å². The van der Waals surface area contributed by atoms with E-state index in [9.17, 15) is 4.79 Å². The molecule has 5 rings (SSSR count). The number of piperidine rings is 1. The van der Waals surface area contributed by atoms with Crippen LogP contribution in [-0.4, -0.2) is 47.1 Å². The predicted octanol–water partition coefficient (Wildman–Crippen LogP) is 4.75. The summed E-state index contributed by atoms with van der Waals surface area (Å²) in [6.07, 6.45) is 3.70. The summed E-state index contributed by atoms with van der Waals surface area (Å²) in [6.45, 7) is 6.79. The summed E-state index contributed by atoms with van der Waals surface area (Å²) in [5, 5.41) is 4.27. The number of benzene rings is 1. The third kappa shape index (κ3) is 4.30. The van der Waals surface area contributed by atoms with Crippen molar-refractivity contribution in [2.75, 3.05) is 31.6 Å². The maximum Gasteiger partial charge on any atom is 0.257 e. The second-order valence-corrected chi connectivity index (χ2v) is 8.33. The van der Waals surface area contributed by atoms with Gasteiger partial charge in [-0.2, -0.15) is 0 Å². The van der Waals surface area contributed by atoms with Crippen LogP contribution in [0.2, 0.25) is 0 Å². The second-order valence-electron chi connectivity index (χ2n) is 8.33. The lowest BCUT2D eigenvalue weighted by atomic mass is 9.98. The van der Waals surface area contributed by atoms with E-state index >= 15 is 0 Å². The van der Waals surface area contributed by atoms with E-state index in [2.05, 4.69) is 22.2 Å². The molecule has 1 N–H and O–H groups in total. The van der Waals surface area contributed by atoms with Crippen molar-refractivity contribution >= 4 is 40.7 Å². The molecule has 0 atom stereocenters. The summed E-state index contributed by atoms with van der Waals surface area (Å²) in [6, 6.07) is 9.63. The number of anilines is 2. The second kappa shape index (κ2) is 9.20. The molecule has 7 nitrogen and oxygen atoms in total. The highest BCUT2D eigenvalue weighted by atomic mass is 35.5. The molecule has 2 aliphatic heterocycles. The molecule has 0 spiro atoms. The third-order valence-corrected chi connectivity index (χ3v) is 5.98. The van der Waals surface area contributed by atoms with E-state index in [1.165, 1.54) is 0 Å². The first-order valence-corrected chi connectivity index (χ1v) is 10.8. The number of carbonyl (C=O) groups is 1. The van der Waals surface area contributed by atoms with Crippen LogP contribution in [-0.2, 0) is 0 Å². The Morgan fingerprint density at radius 3 is 2.62 bits per heavy atom. The molecule has 1 fully saturated rings. The smallest absolute Gasteiger partial charge is 0.257 e. The van der Waals surface area contributed by atoms with Crippen molar-refractivity contribution in [2.45, 2.75) is 26.7 Å². The van der Waals surface area contributed by atoms with Crippen molar-refractivity contribution in [1.82, 2.24) is 14.9 Å². The molecule has 168 valence electrons. The van der Waals surface area contributed by atoms with E-state index in [1.807, 2.05) is 42.2 Å². The Kier molecular flexibility index (Phi) is 6.37. The number of aromatic nitrogens is 2. The minimum atomic E-state index is 0. The zero-order valence-corrected chi connectivity index (χ0v) is 19.1. The average molecular weight is 455 g/mol. The fraction of sp³-hybridized carbons (Fsp3) is 0.375. The van der Waals surface area contributed by atoms with Gasteiger partial charge >= 0.3 is 0 Å². The molecule has 1 saturated heterocycles. The number of likely N-dealkylation sites (tertiary alicyclic amines) is 1. The topological polar surface area (TPSA) is 76.6 Å². The van der Waals surface area contributed by atoms with Crippen LogP contribution in [0.15, 0.2) is 36.5 Å². The number of hydrogen-bond acceptors (Lipinski definition) is 6. The number of rotatable bonds is 3. The third-order valence-electron chi connectivity index (χ3n) is 5.98. The van der Waals surface area contributed by atoms with Crippen molar-refractivity contribution < 1.29 is 14.3 Å². The van der Waals surface area contributed by atoms with Crippen molar-refractivity contribution in [1.29, 1.82) is 0 Å². The number of hydrogen-bond donors (Lipinski definition) is 1. The van der Waals surface area contributed by atoms with Gasteiger partial charge in [0, 0.05) is 42.1 Å². The number of nitrogens with one attached hydrogen (secondary N) is 1. The van der Waals surface area contributed by atoms with E-state index in [4.69, 9.17) is 9.47 Å². The van der Waals surface area contributed by atoms with Gasteiger partial charge in [-0.3, -0.25) is 4.79 Å². The van der Waals surface area contributed by atoms with Crippen molar-refractivity contribution in [3.8, 4) is 11.5 Å². The summed E-state index contributed by atoms with van der Waals surface area (Å²) in [5.41, 5.74) is 3.59. The zero-order valence-electron chi connectivity index (χ0n) is 18.3. The van der Waals surface area contributed by atoms with E-state index < -0.39 is 0 Å². The molecule has 1 aromatic carbocycles. The van der Waals surface area contributed by atoms with Crippen molar-refractivity contribution in [3.05, 3.63) is 47.8 Å². The number of fused-ring (bicyclic) bond motifs is 2. The van der Waals surface area contributed by atoms with E-state index in [0.29, 0.717) is 36.1 Å². The lowest BCUT2D eigenvalue weighted by molar-refractivity contribution is 0.0698. The van der Waals surface area contributed by atoms with Gasteiger partial charge in [-0.1, -0.05) is 6.92 Å². The van der Waals surface area contributed by atoms with Gasteiger partial charge in [0.15, 0.2) is 17.1 Å². The van der Waals surface area contributed by atoms with Crippen LogP contribution < -0.4 is 14.8 Å². The normalized spacial score (nSPS) is 15.9. The van der Waals surface area contributed by atoms with Crippen LogP contribution in [0.1, 0.15) is 35.8 Å². The molecule has 2 aromatic heterocycles. The molecule has 4 heterocycles. The largest absolute Gasteiger partial charge is 0.486 e. The Hall–Kier alpha value is -3.06. The summed E-state index contributed by atoms with van der Waals surface area (Å²) < 4.78 is 11.4. The monoisotopic (exact) mass is 454 g/mol. The number of nitrogens with zero attached hydrogens (tertiary/aromatic N) is 3. The van der Waals surface area contributed by atoms with Crippen LogP contribution in [0.4, 0.5) is 11.4 Å². The minimum absolute atomic E-state index is 0. The molecule has 0 saturated carbocycles. The zero-order chi connectivity index (χ0) is 21.4. The molecule has 0 aliphatic carbocycles. The lowest BCUT2D eigenvalue weighted by Crippen LogP contribution is -2.38. The summed E-state index contributed by atoms with van der Waals surface area (Å²) in [4.78, 5) is 24.4. The van der Waals surface area contributed by atoms with Gasteiger partial charge in [-0.25, -0.2) is 9.97 Å². The summed E-state index contributed by atoms with van der Waals surface area (Å²) >= 11 is 0. The van der Waals surface area contributed by atoms with Crippen LogP contribution in [0.25, 0.3) is 11.0 Å². The van der Waals surface area contributed by atoms with Crippen molar-refractivity contribution in [3.63, 3.8) is 0 Å². The first kappa shape index (κ1) is 22.1. The first-order valence-electron chi connectivity index (χ1n) is 10.8. The molecule has 0 bridgehead atoms. The summed E-state index contributed by atoms with van der Waals surface area (Å²) in [5.74, 6) is 2.08. The Labute approximate surface area is 193 Å². The Morgan fingerprint density at radius 2 is 1.84 bits per heavy atom.